The quantitative estimate of drug-likeness (QED) is 0.871. The van der Waals surface area contributed by atoms with Gasteiger partial charge < -0.3 is 10.6 Å². The van der Waals surface area contributed by atoms with Crippen molar-refractivity contribution in [2.45, 2.75) is 32.4 Å². The molecule has 0 saturated heterocycles. The zero-order chi connectivity index (χ0) is 14.4. The molecule has 0 aliphatic carbocycles. The van der Waals surface area contributed by atoms with Gasteiger partial charge in [-0.05, 0) is 25.2 Å². The maximum Gasteiger partial charge on any atom is 0.244 e. The van der Waals surface area contributed by atoms with E-state index in [0.29, 0.717) is 0 Å². The first-order valence-corrected chi connectivity index (χ1v) is 7.98. The van der Waals surface area contributed by atoms with E-state index in [9.17, 15) is 4.79 Å². The summed E-state index contributed by atoms with van der Waals surface area (Å²) in [6.07, 6.45) is 3.00. The van der Waals surface area contributed by atoms with Crippen molar-refractivity contribution >= 4 is 17.7 Å². The number of rotatable bonds is 6. The number of thioether (sulfide) groups is 1. The summed E-state index contributed by atoms with van der Waals surface area (Å²) < 4.78 is 0. The molecule has 0 aliphatic heterocycles. The van der Waals surface area contributed by atoms with E-state index in [-0.39, 0.29) is 11.9 Å². The fourth-order valence-corrected chi connectivity index (χ4v) is 2.86. The standard InChI is InChI=1S/C15H24N2OS/c1-5-13(10-19-4)17(3)15(18)14(16)12-8-6-11(2)7-9-12/h6-9,13-14H,5,10,16H2,1-4H3. The van der Waals surface area contributed by atoms with Gasteiger partial charge in [-0.15, -0.1) is 0 Å². The van der Waals surface area contributed by atoms with Crippen LogP contribution in [-0.2, 0) is 4.79 Å². The number of aryl methyl sites for hydroxylation is 1. The third-order valence-electron chi connectivity index (χ3n) is 3.43. The van der Waals surface area contributed by atoms with Gasteiger partial charge in [-0.2, -0.15) is 11.8 Å². The molecule has 4 heteroatoms. The van der Waals surface area contributed by atoms with Gasteiger partial charge in [-0.3, -0.25) is 4.79 Å². The van der Waals surface area contributed by atoms with Crippen molar-refractivity contribution in [3.05, 3.63) is 35.4 Å². The summed E-state index contributed by atoms with van der Waals surface area (Å²) in [6, 6.07) is 7.52. The van der Waals surface area contributed by atoms with E-state index in [1.165, 1.54) is 5.56 Å². The number of nitrogens with zero attached hydrogens (tertiary/aromatic N) is 1. The van der Waals surface area contributed by atoms with Crippen LogP contribution >= 0.6 is 11.8 Å². The summed E-state index contributed by atoms with van der Waals surface area (Å²) in [5, 5.41) is 0. The highest BCUT2D eigenvalue weighted by atomic mass is 32.2. The Balaban J connectivity index is 2.78. The minimum atomic E-state index is -0.568. The molecule has 0 heterocycles. The van der Waals surface area contributed by atoms with E-state index in [1.807, 2.05) is 38.2 Å². The molecule has 1 aromatic rings. The molecule has 0 spiro atoms. The number of benzene rings is 1. The van der Waals surface area contributed by atoms with Crippen LogP contribution in [0.15, 0.2) is 24.3 Å². The molecular weight excluding hydrogens is 256 g/mol. The molecule has 0 aromatic heterocycles. The molecule has 3 nitrogen and oxygen atoms in total. The smallest absolute Gasteiger partial charge is 0.244 e. The summed E-state index contributed by atoms with van der Waals surface area (Å²) in [7, 11) is 1.85. The van der Waals surface area contributed by atoms with E-state index >= 15 is 0 Å². The largest absolute Gasteiger partial charge is 0.340 e. The molecule has 0 saturated carbocycles. The highest BCUT2D eigenvalue weighted by Crippen LogP contribution is 2.17. The van der Waals surface area contributed by atoms with Crippen LogP contribution in [0, 0.1) is 6.92 Å². The van der Waals surface area contributed by atoms with Crippen molar-refractivity contribution in [3.8, 4) is 0 Å². The molecule has 0 fully saturated rings. The number of carbonyl (C=O) groups is 1. The van der Waals surface area contributed by atoms with Gasteiger partial charge in [0.15, 0.2) is 0 Å². The third kappa shape index (κ3) is 4.25. The lowest BCUT2D eigenvalue weighted by Crippen LogP contribution is -2.43. The fourth-order valence-electron chi connectivity index (χ4n) is 2.01. The predicted octanol–water partition coefficient (Wildman–Crippen LogP) is 2.59. The normalized spacial score (nSPS) is 13.9. The second-order valence-corrected chi connectivity index (χ2v) is 5.77. The lowest BCUT2D eigenvalue weighted by Gasteiger charge is -2.29. The molecule has 1 amide bonds. The van der Waals surface area contributed by atoms with Gasteiger partial charge in [0.05, 0.1) is 0 Å². The van der Waals surface area contributed by atoms with Gasteiger partial charge in [-0.25, -0.2) is 0 Å². The van der Waals surface area contributed by atoms with Crippen LogP contribution in [0.25, 0.3) is 0 Å². The lowest BCUT2D eigenvalue weighted by atomic mass is 10.0. The summed E-state index contributed by atoms with van der Waals surface area (Å²) in [6.45, 7) is 4.12. The average Bonchev–Trinajstić information content (AvgIpc) is 2.43. The van der Waals surface area contributed by atoms with E-state index in [0.717, 1.165) is 17.7 Å². The van der Waals surface area contributed by atoms with Crippen LogP contribution in [0.3, 0.4) is 0 Å². The highest BCUT2D eigenvalue weighted by molar-refractivity contribution is 7.98. The van der Waals surface area contributed by atoms with Crippen molar-refractivity contribution < 1.29 is 4.79 Å². The van der Waals surface area contributed by atoms with E-state index in [4.69, 9.17) is 5.73 Å². The lowest BCUT2D eigenvalue weighted by molar-refractivity contribution is -0.133. The topological polar surface area (TPSA) is 46.3 Å². The summed E-state index contributed by atoms with van der Waals surface area (Å²) in [5.74, 6) is 0.934. The van der Waals surface area contributed by atoms with Crippen molar-refractivity contribution in [2.24, 2.45) is 5.73 Å². The molecule has 2 unspecified atom stereocenters. The van der Waals surface area contributed by atoms with Crippen LogP contribution < -0.4 is 5.73 Å². The van der Waals surface area contributed by atoms with Gasteiger partial charge in [0.1, 0.15) is 6.04 Å². The number of amides is 1. The molecular formula is C15H24N2OS. The Kier molecular flexibility index (Phi) is 6.38. The first-order chi connectivity index (χ1) is 9.01. The van der Waals surface area contributed by atoms with Gasteiger partial charge in [-0.1, -0.05) is 36.8 Å². The van der Waals surface area contributed by atoms with Crippen molar-refractivity contribution in [1.29, 1.82) is 0 Å². The minimum Gasteiger partial charge on any atom is -0.340 e. The van der Waals surface area contributed by atoms with Gasteiger partial charge >= 0.3 is 0 Å². The van der Waals surface area contributed by atoms with Crippen LogP contribution in [-0.4, -0.2) is 35.9 Å². The van der Waals surface area contributed by atoms with Gasteiger partial charge in [0, 0.05) is 18.8 Å². The molecule has 1 rings (SSSR count). The van der Waals surface area contributed by atoms with Gasteiger partial charge in [0.25, 0.3) is 0 Å². The van der Waals surface area contributed by atoms with Gasteiger partial charge in [0.2, 0.25) is 5.91 Å². The molecule has 0 bridgehead atoms. The first-order valence-electron chi connectivity index (χ1n) is 6.59. The maximum atomic E-state index is 12.4. The summed E-state index contributed by atoms with van der Waals surface area (Å²) >= 11 is 1.75. The highest BCUT2D eigenvalue weighted by Gasteiger charge is 2.24. The molecule has 0 radical (unpaired) electrons. The zero-order valence-corrected chi connectivity index (χ0v) is 13.0. The monoisotopic (exact) mass is 280 g/mol. The Labute approximate surface area is 120 Å². The molecule has 2 N–H and O–H groups in total. The molecule has 106 valence electrons. The zero-order valence-electron chi connectivity index (χ0n) is 12.2. The van der Waals surface area contributed by atoms with E-state index < -0.39 is 6.04 Å². The van der Waals surface area contributed by atoms with Crippen molar-refractivity contribution in [3.63, 3.8) is 0 Å². The van der Waals surface area contributed by atoms with Crippen molar-refractivity contribution in [1.82, 2.24) is 4.90 Å². The van der Waals surface area contributed by atoms with Crippen LogP contribution in [0.4, 0.5) is 0 Å². The first kappa shape index (κ1) is 16.1. The SMILES string of the molecule is CCC(CSC)N(C)C(=O)C(N)c1ccc(C)cc1. The molecule has 0 aliphatic rings. The minimum absolute atomic E-state index is 0.00949. The Hall–Kier alpha value is -1.00. The van der Waals surface area contributed by atoms with Crippen LogP contribution in [0.5, 0.6) is 0 Å². The Morgan fingerprint density at radius 1 is 1.37 bits per heavy atom. The maximum absolute atomic E-state index is 12.4. The molecule has 1 aromatic carbocycles. The number of hydrogen-bond acceptors (Lipinski definition) is 3. The number of nitrogens with two attached hydrogens (primary N) is 1. The molecule has 2 atom stereocenters. The molecule has 19 heavy (non-hydrogen) atoms. The second kappa shape index (κ2) is 7.56. The number of carbonyl (C=O) groups excluding carboxylic acids is 1. The third-order valence-corrected chi connectivity index (χ3v) is 4.15. The van der Waals surface area contributed by atoms with E-state index in [1.54, 1.807) is 16.7 Å². The Morgan fingerprint density at radius 2 is 1.95 bits per heavy atom. The summed E-state index contributed by atoms with van der Waals surface area (Å²) in [4.78, 5) is 14.2. The number of hydrogen-bond donors (Lipinski definition) is 1. The predicted molar refractivity (Wildman–Crippen MR) is 83.3 cm³/mol. The van der Waals surface area contributed by atoms with Crippen molar-refractivity contribution in [2.75, 3.05) is 19.1 Å². The Bertz CT molecular complexity index is 405. The van der Waals surface area contributed by atoms with Crippen LogP contribution in [0.1, 0.15) is 30.5 Å². The number of likely N-dealkylation sites (N-methyl/N-ethyl adjacent to an activating group) is 1. The van der Waals surface area contributed by atoms with E-state index in [2.05, 4.69) is 13.2 Å². The average molecular weight is 280 g/mol. The second-order valence-electron chi connectivity index (χ2n) is 4.85. The Morgan fingerprint density at radius 3 is 2.42 bits per heavy atom. The summed E-state index contributed by atoms with van der Waals surface area (Å²) in [5.41, 5.74) is 8.13. The fraction of sp³-hybridized carbons (Fsp3) is 0.533. The van der Waals surface area contributed by atoms with Crippen LogP contribution in [0.2, 0.25) is 0 Å².